The SMILES string of the molecule is CCN(CC)c1ccc(C(=O)NCCn2ccc(-c3ccsc3)n2)cc1. The largest absolute Gasteiger partial charge is 0.372 e. The minimum Gasteiger partial charge on any atom is -0.372 e. The average Bonchev–Trinajstić information content (AvgIpc) is 3.35. The van der Waals surface area contributed by atoms with Crippen LogP contribution in [0.2, 0.25) is 0 Å². The zero-order chi connectivity index (χ0) is 18.4. The van der Waals surface area contributed by atoms with Crippen molar-refractivity contribution >= 4 is 22.9 Å². The zero-order valence-electron chi connectivity index (χ0n) is 15.2. The Kier molecular flexibility index (Phi) is 6.07. The molecular weight excluding hydrogens is 344 g/mol. The standard InChI is InChI=1S/C20H24N4OS/c1-3-23(4-2)18-7-5-16(6-8-18)20(25)21-11-13-24-12-9-19(22-24)17-10-14-26-15-17/h5-10,12,14-15H,3-4,11,13H2,1-2H3,(H,21,25). The Bertz CT molecular complexity index is 820. The van der Waals surface area contributed by atoms with Gasteiger partial charge in [-0.15, -0.1) is 0 Å². The fourth-order valence-corrected chi connectivity index (χ4v) is 3.50. The first-order chi connectivity index (χ1) is 12.7. The van der Waals surface area contributed by atoms with Crippen molar-refractivity contribution in [2.75, 3.05) is 24.5 Å². The van der Waals surface area contributed by atoms with Crippen LogP contribution in [0.25, 0.3) is 11.3 Å². The molecule has 136 valence electrons. The Morgan fingerprint density at radius 3 is 2.58 bits per heavy atom. The van der Waals surface area contributed by atoms with Crippen molar-refractivity contribution in [3.63, 3.8) is 0 Å². The lowest BCUT2D eigenvalue weighted by Crippen LogP contribution is -2.27. The van der Waals surface area contributed by atoms with Gasteiger partial charge in [0.05, 0.1) is 12.2 Å². The normalized spacial score (nSPS) is 10.7. The maximum Gasteiger partial charge on any atom is 0.251 e. The summed E-state index contributed by atoms with van der Waals surface area (Å²) in [6.07, 6.45) is 1.94. The second kappa shape index (κ2) is 8.67. The first kappa shape index (κ1) is 18.2. The van der Waals surface area contributed by atoms with E-state index in [-0.39, 0.29) is 5.91 Å². The van der Waals surface area contributed by atoms with Gasteiger partial charge in [-0.2, -0.15) is 16.4 Å². The van der Waals surface area contributed by atoms with Crippen molar-refractivity contribution < 1.29 is 4.79 Å². The Balaban J connectivity index is 1.51. The number of carbonyl (C=O) groups is 1. The Morgan fingerprint density at radius 2 is 1.92 bits per heavy atom. The minimum absolute atomic E-state index is 0.0543. The van der Waals surface area contributed by atoms with E-state index in [0.717, 1.165) is 30.0 Å². The van der Waals surface area contributed by atoms with Crippen molar-refractivity contribution in [2.24, 2.45) is 0 Å². The fraction of sp³-hybridized carbons (Fsp3) is 0.300. The van der Waals surface area contributed by atoms with Gasteiger partial charge in [-0.3, -0.25) is 9.48 Å². The highest BCUT2D eigenvalue weighted by Crippen LogP contribution is 2.19. The number of aromatic nitrogens is 2. The molecule has 0 bridgehead atoms. The van der Waals surface area contributed by atoms with Gasteiger partial charge in [0.15, 0.2) is 0 Å². The summed E-state index contributed by atoms with van der Waals surface area (Å²) in [5.74, 6) is -0.0543. The summed E-state index contributed by atoms with van der Waals surface area (Å²) in [6, 6.07) is 11.8. The van der Waals surface area contributed by atoms with E-state index in [1.165, 1.54) is 0 Å². The third-order valence-corrected chi connectivity index (χ3v) is 5.03. The molecule has 5 nitrogen and oxygen atoms in total. The Hall–Kier alpha value is -2.60. The van der Waals surface area contributed by atoms with Crippen LogP contribution in [-0.2, 0) is 6.54 Å². The molecule has 6 heteroatoms. The van der Waals surface area contributed by atoms with Gasteiger partial charge in [0.25, 0.3) is 5.91 Å². The second-order valence-corrected chi connectivity index (χ2v) is 6.73. The number of hydrogen-bond donors (Lipinski definition) is 1. The molecule has 2 heterocycles. The average molecular weight is 369 g/mol. The predicted octanol–water partition coefficient (Wildman–Crippen LogP) is 3.89. The number of nitrogens with one attached hydrogen (secondary N) is 1. The fourth-order valence-electron chi connectivity index (χ4n) is 2.85. The molecule has 0 atom stereocenters. The summed E-state index contributed by atoms with van der Waals surface area (Å²) in [5, 5.41) is 11.6. The number of nitrogens with zero attached hydrogens (tertiary/aromatic N) is 3. The van der Waals surface area contributed by atoms with E-state index >= 15 is 0 Å². The Labute approximate surface area is 158 Å². The van der Waals surface area contributed by atoms with Crippen LogP contribution in [0.4, 0.5) is 5.69 Å². The van der Waals surface area contributed by atoms with E-state index in [4.69, 9.17) is 0 Å². The summed E-state index contributed by atoms with van der Waals surface area (Å²) < 4.78 is 1.86. The first-order valence-electron chi connectivity index (χ1n) is 8.90. The highest BCUT2D eigenvalue weighted by atomic mass is 32.1. The predicted molar refractivity (Wildman–Crippen MR) is 108 cm³/mol. The van der Waals surface area contributed by atoms with Gasteiger partial charge in [-0.25, -0.2) is 0 Å². The van der Waals surface area contributed by atoms with Crippen LogP contribution in [0, 0.1) is 0 Å². The molecule has 0 spiro atoms. The molecule has 2 aromatic heterocycles. The van der Waals surface area contributed by atoms with Gasteiger partial charge in [0.2, 0.25) is 0 Å². The molecule has 0 saturated carbocycles. The quantitative estimate of drug-likeness (QED) is 0.656. The molecule has 0 saturated heterocycles. The number of rotatable bonds is 8. The molecule has 1 amide bonds. The third-order valence-electron chi connectivity index (χ3n) is 4.34. The molecule has 0 aliphatic carbocycles. The lowest BCUT2D eigenvalue weighted by molar-refractivity contribution is 0.0952. The minimum atomic E-state index is -0.0543. The van der Waals surface area contributed by atoms with Crippen molar-refractivity contribution in [1.29, 1.82) is 0 Å². The summed E-state index contributed by atoms with van der Waals surface area (Å²) in [7, 11) is 0. The van der Waals surface area contributed by atoms with Gasteiger partial charge >= 0.3 is 0 Å². The van der Waals surface area contributed by atoms with Crippen LogP contribution in [0.3, 0.4) is 0 Å². The summed E-state index contributed by atoms with van der Waals surface area (Å²) in [5.41, 5.74) is 3.92. The van der Waals surface area contributed by atoms with Crippen LogP contribution in [-0.4, -0.2) is 35.3 Å². The molecule has 26 heavy (non-hydrogen) atoms. The van der Waals surface area contributed by atoms with Gasteiger partial charge in [-0.1, -0.05) is 0 Å². The van der Waals surface area contributed by atoms with E-state index in [1.807, 2.05) is 46.6 Å². The second-order valence-electron chi connectivity index (χ2n) is 5.95. The molecule has 0 radical (unpaired) electrons. The van der Waals surface area contributed by atoms with E-state index < -0.39 is 0 Å². The van der Waals surface area contributed by atoms with Gasteiger partial charge < -0.3 is 10.2 Å². The summed E-state index contributed by atoms with van der Waals surface area (Å²) in [6.45, 7) is 7.36. The molecule has 0 aliphatic rings. The molecule has 1 N–H and O–H groups in total. The topological polar surface area (TPSA) is 50.2 Å². The lowest BCUT2D eigenvalue weighted by atomic mass is 10.2. The Morgan fingerprint density at radius 1 is 1.15 bits per heavy atom. The summed E-state index contributed by atoms with van der Waals surface area (Å²) >= 11 is 1.66. The van der Waals surface area contributed by atoms with Crippen LogP contribution in [0.5, 0.6) is 0 Å². The smallest absolute Gasteiger partial charge is 0.251 e. The number of carbonyl (C=O) groups excluding carboxylic acids is 1. The van der Waals surface area contributed by atoms with Crippen LogP contribution in [0.15, 0.2) is 53.4 Å². The van der Waals surface area contributed by atoms with Crippen LogP contribution < -0.4 is 10.2 Å². The monoisotopic (exact) mass is 368 g/mol. The van der Waals surface area contributed by atoms with Crippen molar-refractivity contribution in [2.45, 2.75) is 20.4 Å². The van der Waals surface area contributed by atoms with Gasteiger partial charge in [-0.05, 0) is 55.6 Å². The number of benzene rings is 1. The highest BCUT2D eigenvalue weighted by molar-refractivity contribution is 7.08. The molecular formula is C20H24N4OS. The van der Waals surface area contributed by atoms with Crippen molar-refractivity contribution in [1.82, 2.24) is 15.1 Å². The van der Waals surface area contributed by atoms with Crippen molar-refractivity contribution in [3.05, 3.63) is 58.9 Å². The van der Waals surface area contributed by atoms with Crippen LogP contribution >= 0.6 is 11.3 Å². The number of anilines is 1. The van der Waals surface area contributed by atoms with E-state index in [1.54, 1.807) is 11.3 Å². The maximum atomic E-state index is 12.3. The third kappa shape index (κ3) is 4.32. The lowest BCUT2D eigenvalue weighted by Gasteiger charge is -2.21. The summed E-state index contributed by atoms with van der Waals surface area (Å²) in [4.78, 5) is 14.5. The maximum absolute atomic E-state index is 12.3. The molecule has 0 aliphatic heterocycles. The van der Waals surface area contributed by atoms with Crippen LogP contribution in [0.1, 0.15) is 24.2 Å². The molecule has 0 unspecified atom stereocenters. The number of amides is 1. The van der Waals surface area contributed by atoms with E-state index in [2.05, 4.69) is 40.6 Å². The van der Waals surface area contributed by atoms with E-state index in [9.17, 15) is 4.79 Å². The van der Waals surface area contributed by atoms with Gasteiger partial charge in [0.1, 0.15) is 0 Å². The van der Waals surface area contributed by atoms with E-state index in [0.29, 0.717) is 18.7 Å². The highest BCUT2D eigenvalue weighted by Gasteiger charge is 2.07. The first-order valence-corrected chi connectivity index (χ1v) is 9.84. The number of thiophene rings is 1. The zero-order valence-corrected chi connectivity index (χ0v) is 16.0. The van der Waals surface area contributed by atoms with Crippen molar-refractivity contribution in [3.8, 4) is 11.3 Å². The molecule has 3 rings (SSSR count). The molecule has 0 fully saturated rings. The molecule has 3 aromatic rings. The number of hydrogen-bond acceptors (Lipinski definition) is 4. The van der Waals surface area contributed by atoms with Gasteiger partial charge in [0, 0.05) is 48.0 Å². The molecule has 1 aromatic carbocycles.